The van der Waals surface area contributed by atoms with Crippen LogP contribution in [-0.2, 0) is 11.2 Å². The van der Waals surface area contributed by atoms with Gasteiger partial charge < -0.3 is 9.84 Å². The maximum absolute atomic E-state index is 10.5. The largest absolute Gasteiger partial charge is 0.479 e. The van der Waals surface area contributed by atoms with Crippen LogP contribution in [0.1, 0.15) is 19.4 Å². The molecule has 1 rings (SSSR count). The number of ether oxygens (including phenoxy) is 1. The van der Waals surface area contributed by atoms with Crippen LogP contribution in [0.2, 0.25) is 0 Å². The first-order valence-corrected chi connectivity index (χ1v) is 4.62. The van der Waals surface area contributed by atoms with Crippen molar-refractivity contribution in [3.63, 3.8) is 0 Å². The molecule has 76 valence electrons. The molecule has 1 atom stereocenters. The van der Waals surface area contributed by atoms with E-state index in [0.717, 1.165) is 12.0 Å². The maximum Gasteiger partial charge on any atom is 0.344 e. The zero-order valence-electron chi connectivity index (χ0n) is 8.36. The number of benzene rings is 1. The fraction of sp³-hybridized carbons (Fsp3) is 0.364. The summed E-state index contributed by atoms with van der Waals surface area (Å²) in [5.41, 5.74) is 1.14. The van der Waals surface area contributed by atoms with Gasteiger partial charge in [-0.25, -0.2) is 4.79 Å². The third kappa shape index (κ3) is 2.76. The van der Waals surface area contributed by atoms with Crippen LogP contribution in [0.4, 0.5) is 0 Å². The van der Waals surface area contributed by atoms with Crippen molar-refractivity contribution < 1.29 is 14.6 Å². The average molecular weight is 194 g/mol. The highest BCUT2D eigenvalue weighted by Crippen LogP contribution is 2.15. The Balaban J connectivity index is 2.71. The fourth-order valence-corrected chi connectivity index (χ4v) is 1.09. The summed E-state index contributed by atoms with van der Waals surface area (Å²) in [4.78, 5) is 10.5. The van der Waals surface area contributed by atoms with Crippen LogP contribution in [0.15, 0.2) is 24.3 Å². The molecule has 1 N–H and O–H groups in total. The maximum atomic E-state index is 10.5. The van der Waals surface area contributed by atoms with Crippen LogP contribution in [0.5, 0.6) is 5.75 Å². The lowest BCUT2D eigenvalue weighted by molar-refractivity contribution is -0.144. The van der Waals surface area contributed by atoms with Gasteiger partial charge in [0, 0.05) is 0 Å². The number of aliphatic carboxylic acids is 1. The highest BCUT2D eigenvalue weighted by molar-refractivity contribution is 5.72. The minimum Gasteiger partial charge on any atom is -0.479 e. The molecule has 0 spiro atoms. The molecule has 0 fully saturated rings. The van der Waals surface area contributed by atoms with Gasteiger partial charge in [0.15, 0.2) is 6.10 Å². The first-order valence-electron chi connectivity index (χ1n) is 4.62. The lowest BCUT2D eigenvalue weighted by Crippen LogP contribution is -2.22. The molecule has 1 aromatic rings. The van der Waals surface area contributed by atoms with E-state index < -0.39 is 12.1 Å². The van der Waals surface area contributed by atoms with E-state index in [-0.39, 0.29) is 0 Å². The van der Waals surface area contributed by atoms with Crippen LogP contribution >= 0.6 is 0 Å². The summed E-state index contributed by atoms with van der Waals surface area (Å²) in [6.07, 6.45) is 0.112. The number of aryl methyl sites for hydroxylation is 1. The van der Waals surface area contributed by atoms with Gasteiger partial charge >= 0.3 is 5.97 Å². The number of carboxylic acids is 1. The molecule has 3 heteroatoms. The van der Waals surface area contributed by atoms with E-state index in [4.69, 9.17) is 9.84 Å². The second-order valence-corrected chi connectivity index (χ2v) is 3.10. The minimum atomic E-state index is -0.952. The van der Waals surface area contributed by atoms with Crippen molar-refractivity contribution in [2.45, 2.75) is 26.4 Å². The molecule has 0 aliphatic heterocycles. The molecule has 0 bridgehead atoms. The summed E-state index contributed by atoms with van der Waals surface area (Å²) in [6, 6.07) is 7.47. The van der Waals surface area contributed by atoms with Crippen LogP contribution in [0.3, 0.4) is 0 Å². The number of carboxylic acid groups (broad SMARTS) is 1. The Bertz CT molecular complexity index is 320. The second-order valence-electron chi connectivity index (χ2n) is 3.10. The Morgan fingerprint density at radius 3 is 2.86 bits per heavy atom. The quantitative estimate of drug-likeness (QED) is 0.798. The summed E-state index contributed by atoms with van der Waals surface area (Å²) >= 11 is 0. The molecule has 0 heterocycles. The second kappa shape index (κ2) is 4.65. The molecule has 0 aromatic heterocycles. The van der Waals surface area contributed by atoms with Gasteiger partial charge in [0.1, 0.15) is 5.75 Å². The Kier molecular flexibility index (Phi) is 3.51. The third-order valence-electron chi connectivity index (χ3n) is 1.97. The van der Waals surface area contributed by atoms with Crippen molar-refractivity contribution in [1.82, 2.24) is 0 Å². The average Bonchev–Trinajstić information content (AvgIpc) is 2.18. The number of carbonyl (C=O) groups is 1. The van der Waals surface area contributed by atoms with Gasteiger partial charge in [0.25, 0.3) is 0 Å². The standard InChI is InChI=1S/C11H14O3/c1-3-9-5-4-6-10(7-9)14-8(2)11(12)13/h4-8H,3H2,1-2H3,(H,12,13)/t8-/m1/s1. The summed E-state index contributed by atoms with van der Waals surface area (Å²) < 4.78 is 5.22. The van der Waals surface area contributed by atoms with Crippen LogP contribution in [0.25, 0.3) is 0 Å². The lowest BCUT2D eigenvalue weighted by atomic mass is 10.2. The highest BCUT2D eigenvalue weighted by Gasteiger charge is 2.11. The van der Waals surface area contributed by atoms with Crippen molar-refractivity contribution in [3.8, 4) is 5.75 Å². The van der Waals surface area contributed by atoms with Crippen molar-refractivity contribution in [2.24, 2.45) is 0 Å². The molecule has 0 saturated heterocycles. The number of rotatable bonds is 4. The van der Waals surface area contributed by atoms with Crippen LogP contribution < -0.4 is 4.74 Å². The molecule has 0 amide bonds. The van der Waals surface area contributed by atoms with Gasteiger partial charge in [-0.15, -0.1) is 0 Å². The van der Waals surface area contributed by atoms with E-state index in [0.29, 0.717) is 5.75 Å². The molecule has 14 heavy (non-hydrogen) atoms. The SMILES string of the molecule is CCc1cccc(O[C@H](C)C(=O)O)c1. The van der Waals surface area contributed by atoms with Crippen molar-refractivity contribution in [2.75, 3.05) is 0 Å². The molecular formula is C11H14O3. The molecule has 0 aliphatic carbocycles. The van der Waals surface area contributed by atoms with Crippen molar-refractivity contribution >= 4 is 5.97 Å². The molecule has 1 aromatic carbocycles. The topological polar surface area (TPSA) is 46.5 Å². The minimum absolute atomic E-state index is 0.610. The van der Waals surface area contributed by atoms with E-state index in [1.807, 2.05) is 25.1 Å². The first-order chi connectivity index (χ1) is 6.63. The van der Waals surface area contributed by atoms with Crippen molar-refractivity contribution in [3.05, 3.63) is 29.8 Å². The zero-order valence-corrected chi connectivity index (χ0v) is 8.36. The molecule has 0 unspecified atom stereocenters. The molecule has 0 saturated carbocycles. The molecule has 3 nitrogen and oxygen atoms in total. The van der Waals surface area contributed by atoms with Gasteiger partial charge in [-0.05, 0) is 31.0 Å². The monoisotopic (exact) mass is 194 g/mol. The van der Waals surface area contributed by atoms with Gasteiger partial charge in [0.2, 0.25) is 0 Å². The van der Waals surface area contributed by atoms with E-state index >= 15 is 0 Å². The molecule has 0 radical (unpaired) electrons. The number of hydrogen-bond donors (Lipinski definition) is 1. The smallest absolute Gasteiger partial charge is 0.344 e. The predicted octanol–water partition coefficient (Wildman–Crippen LogP) is 2.10. The Morgan fingerprint density at radius 2 is 2.29 bits per heavy atom. The molecular weight excluding hydrogens is 180 g/mol. The Labute approximate surface area is 83.3 Å². The number of hydrogen-bond acceptors (Lipinski definition) is 2. The van der Waals surface area contributed by atoms with Gasteiger partial charge in [-0.1, -0.05) is 19.1 Å². The fourth-order valence-electron chi connectivity index (χ4n) is 1.09. The summed E-state index contributed by atoms with van der Waals surface area (Å²) in [5, 5.41) is 8.64. The zero-order chi connectivity index (χ0) is 10.6. The van der Waals surface area contributed by atoms with E-state index in [1.165, 1.54) is 6.92 Å². The van der Waals surface area contributed by atoms with Gasteiger partial charge in [-0.2, -0.15) is 0 Å². The Hall–Kier alpha value is -1.51. The van der Waals surface area contributed by atoms with E-state index in [2.05, 4.69) is 0 Å². The highest BCUT2D eigenvalue weighted by atomic mass is 16.5. The lowest BCUT2D eigenvalue weighted by Gasteiger charge is -2.10. The van der Waals surface area contributed by atoms with Crippen molar-refractivity contribution in [1.29, 1.82) is 0 Å². The van der Waals surface area contributed by atoms with E-state index in [1.54, 1.807) is 6.07 Å². The van der Waals surface area contributed by atoms with Crippen LogP contribution in [0, 0.1) is 0 Å². The first kappa shape index (κ1) is 10.6. The molecule has 0 aliphatic rings. The normalized spacial score (nSPS) is 12.1. The Morgan fingerprint density at radius 1 is 1.57 bits per heavy atom. The van der Waals surface area contributed by atoms with E-state index in [9.17, 15) is 4.79 Å². The van der Waals surface area contributed by atoms with Gasteiger partial charge in [-0.3, -0.25) is 0 Å². The summed E-state index contributed by atoms with van der Waals surface area (Å²) in [6.45, 7) is 3.56. The summed E-state index contributed by atoms with van der Waals surface area (Å²) in [7, 11) is 0. The third-order valence-corrected chi connectivity index (χ3v) is 1.97. The van der Waals surface area contributed by atoms with Gasteiger partial charge in [0.05, 0.1) is 0 Å². The predicted molar refractivity (Wildman–Crippen MR) is 53.5 cm³/mol. The van der Waals surface area contributed by atoms with Crippen LogP contribution in [-0.4, -0.2) is 17.2 Å². The summed E-state index contributed by atoms with van der Waals surface area (Å²) in [5.74, 6) is -0.342.